The average Bonchev–Trinajstić information content (AvgIpc) is 2.43. The molecule has 21 heavy (non-hydrogen) atoms. The molecule has 1 aromatic carbocycles. The minimum absolute atomic E-state index is 0.119. The molecule has 0 saturated heterocycles. The van der Waals surface area contributed by atoms with Gasteiger partial charge in [0.1, 0.15) is 0 Å². The van der Waals surface area contributed by atoms with Gasteiger partial charge in [0.05, 0.1) is 22.3 Å². The second-order valence-corrected chi connectivity index (χ2v) is 5.48. The van der Waals surface area contributed by atoms with Crippen LogP contribution in [0.1, 0.15) is 5.69 Å². The minimum Gasteiger partial charge on any atom is -0.325 e. The highest BCUT2D eigenvalue weighted by molar-refractivity contribution is 6.42. The second kappa shape index (κ2) is 7.41. The summed E-state index contributed by atoms with van der Waals surface area (Å²) in [7, 11) is 1.86. The number of carbonyl (C=O) groups is 1. The van der Waals surface area contributed by atoms with E-state index in [0.29, 0.717) is 22.3 Å². The number of hydrogen-bond acceptors (Lipinski definition) is 3. The average molecular weight is 324 g/mol. The topological polar surface area (TPSA) is 45.2 Å². The van der Waals surface area contributed by atoms with Crippen molar-refractivity contribution in [3.05, 3.63) is 58.3 Å². The predicted octanol–water partition coefficient (Wildman–Crippen LogP) is 3.46. The van der Waals surface area contributed by atoms with Crippen molar-refractivity contribution < 1.29 is 4.79 Å². The van der Waals surface area contributed by atoms with Crippen molar-refractivity contribution >= 4 is 34.8 Å². The summed E-state index contributed by atoms with van der Waals surface area (Å²) in [6.07, 6.45) is 1.74. The monoisotopic (exact) mass is 323 g/mol. The Kier molecular flexibility index (Phi) is 5.56. The lowest BCUT2D eigenvalue weighted by Gasteiger charge is -2.15. The first kappa shape index (κ1) is 15.8. The van der Waals surface area contributed by atoms with Crippen molar-refractivity contribution in [2.24, 2.45) is 0 Å². The number of pyridine rings is 1. The molecule has 0 atom stereocenters. The maximum absolute atomic E-state index is 12.0. The van der Waals surface area contributed by atoms with E-state index in [1.165, 1.54) is 0 Å². The number of aromatic nitrogens is 1. The maximum Gasteiger partial charge on any atom is 0.238 e. The lowest BCUT2D eigenvalue weighted by Crippen LogP contribution is -2.30. The lowest BCUT2D eigenvalue weighted by molar-refractivity contribution is -0.117. The first-order valence-corrected chi connectivity index (χ1v) is 7.13. The molecule has 4 nitrogen and oxygen atoms in total. The molecule has 0 aliphatic heterocycles. The molecule has 1 heterocycles. The second-order valence-electron chi connectivity index (χ2n) is 4.67. The Labute approximate surface area is 133 Å². The Balaban J connectivity index is 1.87. The number of benzene rings is 1. The molecule has 0 aliphatic carbocycles. The van der Waals surface area contributed by atoms with Crippen LogP contribution in [0.15, 0.2) is 42.6 Å². The van der Waals surface area contributed by atoms with Gasteiger partial charge < -0.3 is 5.32 Å². The van der Waals surface area contributed by atoms with Crippen LogP contribution in [0.2, 0.25) is 10.0 Å². The summed E-state index contributed by atoms with van der Waals surface area (Å²) >= 11 is 11.7. The third-order valence-corrected chi connectivity index (χ3v) is 3.51. The van der Waals surface area contributed by atoms with Crippen LogP contribution < -0.4 is 5.32 Å². The number of likely N-dealkylation sites (N-methyl/N-ethyl adjacent to an activating group) is 1. The normalized spacial score (nSPS) is 10.7. The van der Waals surface area contributed by atoms with E-state index in [1.807, 2.05) is 30.1 Å². The van der Waals surface area contributed by atoms with Gasteiger partial charge in [0, 0.05) is 18.4 Å². The molecule has 2 aromatic rings. The summed E-state index contributed by atoms with van der Waals surface area (Å²) < 4.78 is 0. The van der Waals surface area contributed by atoms with Crippen molar-refractivity contribution in [1.82, 2.24) is 9.88 Å². The number of carbonyl (C=O) groups excluding carboxylic acids is 1. The Morgan fingerprint density at radius 2 is 2.05 bits per heavy atom. The fourth-order valence-corrected chi connectivity index (χ4v) is 2.14. The van der Waals surface area contributed by atoms with E-state index in [2.05, 4.69) is 10.3 Å². The molecule has 6 heteroatoms. The van der Waals surface area contributed by atoms with Crippen LogP contribution in [-0.4, -0.2) is 29.4 Å². The number of rotatable bonds is 5. The summed E-state index contributed by atoms with van der Waals surface area (Å²) in [4.78, 5) is 18.1. The minimum atomic E-state index is -0.119. The molecule has 1 N–H and O–H groups in total. The zero-order chi connectivity index (χ0) is 15.2. The van der Waals surface area contributed by atoms with Crippen molar-refractivity contribution in [3.63, 3.8) is 0 Å². The molecule has 0 radical (unpaired) electrons. The molecule has 0 saturated carbocycles. The van der Waals surface area contributed by atoms with Crippen LogP contribution in [0, 0.1) is 0 Å². The van der Waals surface area contributed by atoms with E-state index in [1.54, 1.807) is 24.4 Å². The summed E-state index contributed by atoms with van der Waals surface area (Å²) in [6, 6.07) is 10.7. The predicted molar refractivity (Wildman–Crippen MR) is 85.7 cm³/mol. The third kappa shape index (κ3) is 5.01. The van der Waals surface area contributed by atoms with Gasteiger partial charge in [0.25, 0.3) is 0 Å². The molecular weight excluding hydrogens is 309 g/mol. The Bertz CT molecular complexity index is 620. The van der Waals surface area contributed by atoms with Gasteiger partial charge >= 0.3 is 0 Å². The van der Waals surface area contributed by atoms with Crippen LogP contribution in [0.4, 0.5) is 5.69 Å². The summed E-state index contributed by atoms with van der Waals surface area (Å²) in [5, 5.41) is 3.66. The van der Waals surface area contributed by atoms with E-state index in [-0.39, 0.29) is 12.5 Å². The van der Waals surface area contributed by atoms with Gasteiger partial charge in [-0.2, -0.15) is 0 Å². The van der Waals surface area contributed by atoms with Crippen molar-refractivity contribution in [3.8, 4) is 0 Å². The standard InChI is InChI=1S/C15H15Cl2N3O/c1-20(9-12-4-2-3-7-18-12)10-15(21)19-11-5-6-13(16)14(17)8-11/h2-8H,9-10H2,1H3,(H,19,21). The number of amides is 1. The van der Waals surface area contributed by atoms with Gasteiger partial charge in [-0.15, -0.1) is 0 Å². The highest BCUT2D eigenvalue weighted by Crippen LogP contribution is 2.24. The summed E-state index contributed by atoms with van der Waals surface area (Å²) in [5.74, 6) is -0.119. The quantitative estimate of drug-likeness (QED) is 0.916. The van der Waals surface area contributed by atoms with E-state index in [4.69, 9.17) is 23.2 Å². The van der Waals surface area contributed by atoms with E-state index < -0.39 is 0 Å². The molecule has 0 fully saturated rings. The highest BCUT2D eigenvalue weighted by atomic mass is 35.5. The number of halogens is 2. The number of nitrogens with one attached hydrogen (secondary N) is 1. The van der Waals surface area contributed by atoms with Crippen LogP contribution in [0.25, 0.3) is 0 Å². The molecule has 0 unspecified atom stereocenters. The van der Waals surface area contributed by atoms with E-state index in [9.17, 15) is 4.79 Å². The fourth-order valence-electron chi connectivity index (χ4n) is 1.84. The van der Waals surface area contributed by atoms with Gasteiger partial charge in [-0.1, -0.05) is 29.3 Å². The highest BCUT2D eigenvalue weighted by Gasteiger charge is 2.09. The van der Waals surface area contributed by atoms with Crippen molar-refractivity contribution in [1.29, 1.82) is 0 Å². The van der Waals surface area contributed by atoms with Crippen LogP contribution in [0.5, 0.6) is 0 Å². The smallest absolute Gasteiger partial charge is 0.238 e. The molecule has 2 rings (SSSR count). The van der Waals surface area contributed by atoms with Gasteiger partial charge in [0.15, 0.2) is 0 Å². The lowest BCUT2D eigenvalue weighted by atomic mass is 10.3. The van der Waals surface area contributed by atoms with Gasteiger partial charge in [-0.25, -0.2) is 0 Å². The summed E-state index contributed by atoms with van der Waals surface area (Å²) in [6.45, 7) is 0.868. The molecule has 0 bridgehead atoms. The first-order valence-electron chi connectivity index (χ1n) is 6.38. The molecule has 0 spiro atoms. The molecule has 1 amide bonds. The maximum atomic E-state index is 12.0. The van der Waals surface area contributed by atoms with Gasteiger partial charge in [0.2, 0.25) is 5.91 Å². The van der Waals surface area contributed by atoms with Gasteiger partial charge in [-0.3, -0.25) is 14.7 Å². The third-order valence-electron chi connectivity index (χ3n) is 2.77. The Morgan fingerprint density at radius 3 is 2.71 bits per heavy atom. The molecular formula is C15H15Cl2N3O. The van der Waals surface area contributed by atoms with E-state index >= 15 is 0 Å². The number of nitrogens with zero attached hydrogens (tertiary/aromatic N) is 2. The first-order chi connectivity index (χ1) is 10.0. The van der Waals surface area contributed by atoms with Crippen molar-refractivity contribution in [2.75, 3.05) is 18.9 Å². The van der Waals surface area contributed by atoms with Crippen LogP contribution in [-0.2, 0) is 11.3 Å². The van der Waals surface area contributed by atoms with Crippen LogP contribution in [0.3, 0.4) is 0 Å². The SMILES string of the molecule is CN(CC(=O)Nc1ccc(Cl)c(Cl)c1)Cc1ccccn1. The number of hydrogen-bond donors (Lipinski definition) is 1. The fraction of sp³-hybridized carbons (Fsp3) is 0.200. The van der Waals surface area contributed by atoms with Crippen LogP contribution >= 0.6 is 23.2 Å². The van der Waals surface area contributed by atoms with Gasteiger partial charge in [-0.05, 0) is 37.4 Å². The van der Waals surface area contributed by atoms with E-state index in [0.717, 1.165) is 5.69 Å². The van der Waals surface area contributed by atoms with Crippen molar-refractivity contribution in [2.45, 2.75) is 6.54 Å². The largest absolute Gasteiger partial charge is 0.325 e. The number of anilines is 1. The zero-order valence-corrected chi connectivity index (χ0v) is 13.0. The zero-order valence-electron chi connectivity index (χ0n) is 11.5. The Morgan fingerprint density at radius 1 is 1.24 bits per heavy atom. The molecule has 0 aliphatic rings. The molecule has 110 valence electrons. The summed E-state index contributed by atoms with van der Waals surface area (Å²) in [5.41, 5.74) is 1.54. The Hall–Kier alpha value is -1.62. The molecule has 1 aromatic heterocycles.